The molecule has 0 unspecified atom stereocenters. The molecule has 0 aliphatic heterocycles. The second-order valence-electron chi connectivity index (χ2n) is 4.14. The lowest BCUT2D eigenvalue weighted by Gasteiger charge is -2.08. The Morgan fingerprint density at radius 3 is 2.95 bits per heavy atom. The Hall–Kier alpha value is -2.44. The third-order valence-corrected chi connectivity index (χ3v) is 2.54. The van der Waals surface area contributed by atoms with Gasteiger partial charge >= 0.3 is 0 Å². The van der Waals surface area contributed by atoms with Gasteiger partial charge in [0.1, 0.15) is 5.69 Å². The molecule has 0 aliphatic rings. The van der Waals surface area contributed by atoms with Crippen LogP contribution < -0.4 is 11.1 Å². The van der Waals surface area contributed by atoms with Gasteiger partial charge in [-0.05, 0) is 19.4 Å². The Bertz CT molecular complexity index is 592. The summed E-state index contributed by atoms with van der Waals surface area (Å²) in [6.07, 6.45) is 4.35. The molecule has 0 aliphatic carbocycles. The number of aromatic nitrogens is 4. The summed E-state index contributed by atoms with van der Waals surface area (Å²) in [6, 6.07) is 1.56. The Balaban J connectivity index is 2.33. The Morgan fingerprint density at radius 1 is 1.53 bits per heavy atom. The molecule has 0 saturated carbocycles. The summed E-state index contributed by atoms with van der Waals surface area (Å²) in [7, 11) is 0. The molecule has 0 radical (unpaired) electrons. The summed E-state index contributed by atoms with van der Waals surface area (Å²) in [5.41, 5.74) is 6.25. The fourth-order valence-corrected chi connectivity index (χ4v) is 1.56. The standard InChI is InChI=1S/C12H16N6O/c1-3-5-14-12-15-7-8(2)11(16-12)18-6-4-9(17-18)10(13)19/h4,6-7H,3,5H2,1-2H3,(H2,13,19)(H,14,15,16). The maximum absolute atomic E-state index is 11.0. The molecule has 0 spiro atoms. The summed E-state index contributed by atoms with van der Waals surface area (Å²) < 4.78 is 1.52. The predicted octanol–water partition coefficient (Wildman–Crippen LogP) is 0.892. The van der Waals surface area contributed by atoms with E-state index in [9.17, 15) is 4.79 Å². The van der Waals surface area contributed by atoms with Crippen LogP contribution in [0.4, 0.5) is 5.95 Å². The number of anilines is 1. The van der Waals surface area contributed by atoms with Crippen LogP contribution in [0.1, 0.15) is 29.4 Å². The van der Waals surface area contributed by atoms with E-state index in [0.717, 1.165) is 18.5 Å². The van der Waals surface area contributed by atoms with E-state index in [1.165, 1.54) is 4.68 Å². The molecule has 0 atom stereocenters. The number of nitrogens with one attached hydrogen (secondary N) is 1. The highest BCUT2D eigenvalue weighted by Gasteiger charge is 2.10. The summed E-state index contributed by atoms with van der Waals surface area (Å²) >= 11 is 0. The van der Waals surface area contributed by atoms with Crippen LogP contribution >= 0.6 is 0 Å². The minimum atomic E-state index is -0.560. The van der Waals surface area contributed by atoms with Gasteiger partial charge in [-0.2, -0.15) is 10.1 Å². The molecule has 100 valence electrons. The molecule has 7 heteroatoms. The third kappa shape index (κ3) is 2.87. The van der Waals surface area contributed by atoms with Crippen molar-refractivity contribution < 1.29 is 4.79 Å². The fourth-order valence-electron chi connectivity index (χ4n) is 1.56. The largest absolute Gasteiger partial charge is 0.364 e. The predicted molar refractivity (Wildman–Crippen MR) is 71.2 cm³/mol. The first-order valence-electron chi connectivity index (χ1n) is 6.05. The highest BCUT2D eigenvalue weighted by molar-refractivity contribution is 5.90. The van der Waals surface area contributed by atoms with Gasteiger partial charge in [-0.15, -0.1) is 0 Å². The van der Waals surface area contributed by atoms with E-state index in [-0.39, 0.29) is 5.69 Å². The lowest BCUT2D eigenvalue weighted by atomic mass is 10.3. The maximum Gasteiger partial charge on any atom is 0.269 e. The fraction of sp³-hybridized carbons (Fsp3) is 0.333. The summed E-state index contributed by atoms with van der Waals surface area (Å²) in [5, 5.41) is 7.19. The van der Waals surface area contributed by atoms with Crippen LogP contribution in [0, 0.1) is 6.92 Å². The van der Waals surface area contributed by atoms with E-state index in [1.54, 1.807) is 18.5 Å². The molecule has 7 nitrogen and oxygen atoms in total. The molecular weight excluding hydrogens is 244 g/mol. The van der Waals surface area contributed by atoms with Crippen molar-refractivity contribution in [3.05, 3.63) is 29.7 Å². The van der Waals surface area contributed by atoms with Crippen LogP contribution in [0.25, 0.3) is 5.82 Å². The van der Waals surface area contributed by atoms with Gasteiger partial charge < -0.3 is 11.1 Å². The summed E-state index contributed by atoms with van der Waals surface area (Å²) in [5.74, 6) is 0.606. The van der Waals surface area contributed by atoms with Crippen LogP contribution in [0.3, 0.4) is 0 Å². The highest BCUT2D eigenvalue weighted by Crippen LogP contribution is 2.12. The van der Waals surface area contributed by atoms with Crippen molar-refractivity contribution in [2.24, 2.45) is 5.73 Å². The Morgan fingerprint density at radius 2 is 2.32 bits per heavy atom. The average Bonchev–Trinajstić information content (AvgIpc) is 2.87. The molecule has 0 fully saturated rings. The van der Waals surface area contributed by atoms with Crippen molar-refractivity contribution in [3.8, 4) is 5.82 Å². The number of hydrogen-bond acceptors (Lipinski definition) is 5. The number of primary amides is 1. The Kier molecular flexibility index (Phi) is 3.74. The molecular formula is C12H16N6O. The van der Waals surface area contributed by atoms with Gasteiger partial charge in [-0.1, -0.05) is 6.92 Å². The quantitative estimate of drug-likeness (QED) is 0.831. The lowest BCUT2D eigenvalue weighted by Crippen LogP contribution is -2.13. The normalized spacial score (nSPS) is 10.4. The number of rotatable bonds is 5. The number of amides is 1. The first kappa shape index (κ1) is 13.0. The first-order chi connectivity index (χ1) is 9.11. The molecule has 3 N–H and O–H groups in total. The third-order valence-electron chi connectivity index (χ3n) is 2.54. The van der Waals surface area contributed by atoms with Crippen molar-refractivity contribution in [2.75, 3.05) is 11.9 Å². The van der Waals surface area contributed by atoms with Crippen molar-refractivity contribution in [3.63, 3.8) is 0 Å². The average molecular weight is 260 g/mol. The van der Waals surface area contributed by atoms with Crippen molar-refractivity contribution in [1.82, 2.24) is 19.7 Å². The minimum Gasteiger partial charge on any atom is -0.364 e. The van der Waals surface area contributed by atoms with E-state index in [0.29, 0.717) is 11.8 Å². The van der Waals surface area contributed by atoms with Crippen molar-refractivity contribution in [1.29, 1.82) is 0 Å². The van der Waals surface area contributed by atoms with Crippen LogP contribution in [-0.4, -0.2) is 32.2 Å². The molecule has 1 amide bonds. The van der Waals surface area contributed by atoms with E-state index >= 15 is 0 Å². The van der Waals surface area contributed by atoms with E-state index in [2.05, 4.69) is 27.3 Å². The van der Waals surface area contributed by atoms with Crippen molar-refractivity contribution in [2.45, 2.75) is 20.3 Å². The molecule has 0 aromatic carbocycles. The molecule has 2 aromatic heterocycles. The number of hydrogen-bond donors (Lipinski definition) is 2. The maximum atomic E-state index is 11.0. The van der Waals surface area contributed by atoms with Gasteiger partial charge in [0.25, 0.3) is 5.91 Å². The van der Waals surface area contributed by atoms with Gasteiger partial charge in [-0.3, -0.25) is 4.79 Å². The van der Waals surface area contributed by atoms with Gasteiger partial charge in [0.15, 0.2) is 5.82 Å². The minimum absolute atomic E-state index is 0.209. The van der Waals surface area contributed by atoms with Crippen LogP contribution in [0.2, 0.25) is 0 Å². The van der Waals surface area contributed by atoms with E-state index < -0.39 is 5.91 Å². The van der Waals surface area contributed by atoms with E-state index in [4.69, 9.17) is 5.73 Å². The molecule has 0 saturated heterocycles. The SMILES string of the molecule is CCCNc1ncc(C)c(-n2ccc(C(N)=O)n2)n1. The van der Waals surface area contributed by atoms with Crippen LogP contribution in [0.15, 0.2) is 18.5 Å². The number of aryl methyl sites for hydroxylation is 1. The summed E-state index contributed by atoms with van der Waals surface area (Å²) in [4.78, 5) is 19.6. The number of nitrogens with zero attached hydrogens (tertiary/aromatic N) is 4. The number of nitrogens with two attached hydrogens (primary N) is 1. The first-order valence-corrected chi connectivity index (χ1v) is 6.05. The van der Waals surface area contributed by atoms with Gasteiger partial charge in [0.2, 0.25) is 5.95 Å². The number of carbonyl (C=O) groups excluding carboxylic acids is 1. The van der Waals surface area contributed by atoms with Crippen molar-refractivity contribution >= 4 is 11.9 Å². The monoisotopic (exact) mass is 260 g/mol. The van der Waals surface area contributed by atoms with Crippen LogP contribution in [-0.2, 0) is 0 Å². The van der Waals surface area contributed by atoms with Crippen LogP contribution in [0.5, 0.6) is 0 Å². The molecule has 2 rings (SSSR count). The molecule has 2 aromatic rings. The van der Waals surface area contributed by atoms with E-state index in [1.807, 2.05) is 6.92 Å². The second kappa shape index (κ2) is 5.47. The zero-order chi connectivity index (χ0) is 13.8. The lowest BCUT2D eigenvalue weighted by molar-refractivity contribution is 0.0995. The zero-order valence-corrected chi connectivity index (χ0v) is 10.9. The molecule has 0 bridgehead atoms. The highest BCUT2D eigenvalue weighted by atomic mass is 16.1. The Labute approximate surface area is 110 Å². The zero-order valence-electron chi connectivity index (χ0n) is 10.9. The molecule has 2 heterocycles. The van der Waals surface area contributed by atoms with Gasteiger partial charge in [0.05, 0.1) is 0 Å². The number of carbonyl (C=O) groups is 1. The molecule has 19 heavy (non-hydrogen) atoms. The summed E-state index contributed by atoms with van der Waals surface area (Å²) in [6.45, 7) is 4.74. The smallest absolute Gasteiger partial charge is 0.269 e. The van der Waals surface area contributed by atoms with Gasteiger partial charge in [-0.25, -0.2) is 9.67 Å². The second-order valence-corrected chi connectivity index (χ2v) is 4.14. The topological polar surface area (TPSA) is 98.7 Å². The van der Waals surface area contributed by atoms with Gasteiger partial charge in [0, 0.05) is 24.5 Å².